The fourth-order valence-electron chi connectivity index (χ4n) is 2.22. The first-order valence-electron chi connectivity index (χ1n) is 6.42. The topological polar surface area (TPSA) is 80.9 Å². The Balaban J connectivity index is 1.79. The first kappa shape index (κ1) is 13.1. The molecule has 6 heteroatoms. The lowest BCUT2D eigenvalue weighted by molar-refractivity contribution is -0.0380. The average molecular weight is 277 g/mol. The van der Waals surface area contributed by atoms with Crippen molar-refractivity contribution in [2.75, 3.05) is 19.8 Å². The molecule has 2 heterocycles. The second-order valence-corrected chi connectivity index (χ2v) is 4.45. The van der Waals surface area contributed by atoms with Gasteiger partial charge < -0.3 is 24.3 Å². The van der Waals surface area contributed by atoms with Crippen molar-refractivity contribution < 1.29 is 23.8 Å². The smallest absolute Gasteiger partial charge is 0.287 e. The van der Waals surface area contributed by atoms with E-state index < -0.39 is 6.29 Å². The minimum Gasteiger partial charge on any atom is -0.451 e. The number of aliphatic hydroxyl groups excluding tert-OH is 1. The van der Waals surface area contributed by atoms with Crippen molar-refractivity contribution in [3.05, 3.63) is 35.6 Å². The van der Waals surface area contributed by atoms with E-state index in [2.05, 4.69) is 5.32 Å². The fourth-order valence-corrected chi connectivity index (χ4v) is 2.22. The van der Waals surface area contributed by atoms with Crippen molar-refractivity contribution in [1.82, 2.24) is 5.32 Å². The van der Waals surface area contributed by atoms with Gasteiger partial charge >= 0.3 is 0 Å². The highest BCUT2D eigenvalue weighted by Gasteiger charge is 2.22. The summed E-state index contributed by atoms with van der Waals surface area (Å²) in [5.74, 6) is -0.254. The number of rotatable bonds is 4. The number of hydrogen-bond acceptors (Lipinski definition) is 5. The standard InChI is InChI=1S/C14H15NO5/c16-8-10-9-3-1-2-4-11(9)20-13(10)14(17)15-7-12-18-5-6-19-12/h1-4,12,16H,5-8H2,(H,15,17). The van der Waals surface area contributed by atoms with Crippen LogP contribution >= 0.6 is 0 Å². The van der Waals surface area contributed by atoms with Gasteiger partial charge in [-0.05, 0) is 6.07 Å². The van der Waals surface area contributed by atoms with Crippen LogP contribution in [-0.2, 0) is 16.1 Å². The Morgan fingerprint density at radius 3 is 2.80 bits per heavy atom. The average Bonchev–Trinajstić information content (AvgIpc) is 3.11. The quantitative estimate of drug-likeness (QED) is 0.872. The Morgan fingerprint density at radius 1 is 1.30 bits per heavy atom. The number of aliphatic hydroxyl groups is 1. The highest BCUT2D eigenvalue weighted by molar-refractivity contribution is 5.99. The Bertz CT molecular complexity index is 615. The maximum Gasteiger partial charge on any atom is 0.287 e. The minimum atomic E-state index is -0.416. The van der Waals surface area contributed by atoms with Gasteiger partial charge in [0.05, 0.1) is 26.4 Å². The lowest BCUT2D eigenvalue weighted by Gasteiger charge is -2.09. The van der Waals surface area contributed by atoms with Gasteiger partial charge in [-0.15, -0.1) is 0 Å². The zero-order chi connectivity index (χ0) is 13.9. The molecule has 0 aliphatic carbocycles. The fraction of sp³-hybridized carbons (Fsp3) is 0.357. The summed E-state index contributed by atoms with van der Waals surface area (Å²) in [6.07, 6.45) is -0.416. The number of furan rings is 1. The molecule has 2 N–H and O–H groups in total. The Kier molecular flexibility index (Phi) is 3.68. The molecule has 3 rings (SSSR count). The van der Waals surface area contributed by atoms with Crippen LogP contribution in [0.5, 0.6) is 0 Å². The molecule has 1 aliphatic rings. The van der Waals surface area contributed by atoms with Crippen molar-refractivity contribution in [2.45, 2.75) is 12.9 Å². The number of fused-ring (bicyclic) bond motifs is 1. The predicted molar refractivity (Wildman–Crippen MR) is 70.2 cm³/mol. The summed E-state index contributed by atoms with van der Waals surface area (Å²) in [6.45, 7) is 1.07. The van der Waals surface area contributed by atoms with Gasteiger partial charge in [-0.25, -0.2) is 0 Å². The molecule has 1 fully saturated rings. The third kappa shape index (κ3) is 2.40. The van der Waals surface area contributed by atoms with E-state index in [-0.39, 0.29) is 24.8 Å². The third-order valence-electron chi connectivity index (χ3n) is 3.18. The number of ether oxygens (including phenoxy) is 2. The monoisotopic (exact) mass is 277 g/mol. The van der Waals surface area contributed by atoms with E-state index in [1.54, 1.807) is 6.07 Å². The summed E-state index contributed by atoms with van der Waals surface area (Å²) < 4.78 is 16.0. The normalized spacial score (nSPS) is 15.8. The van der Waals surface area contributed by atoms with Gasteiger partial charge in [-0.1, -0.05) is 18.2 Å². The number of benzene rings is 1. The lowest BCUT2D eigenvalue weighted by atomic mass is 10.1. The molecule has 1 aromatic carbocycles. The SMILES string of the molecule is O=C(NCC1OCCO1)c1oc2ccccc2c1CO. The highest BCUT2D eigenvalue weighted by Crippen LogP contribution is 2.25. The van der Waals surface area contributed by atoms with E-state index in [0.29, 0.717) is 24.4 Å². The van der Waals surface area contributed by atoms with Gasteiger partial charge in [-0.2, -0.15) is 0 Å². The third-order valence-corrected chi connectivity index (χ3v) is 3.18. The van der Waals surface area contributed by atoms with Crippen LogP contribution in [0.25, 0.3) is 11.0 Å². The van der Waals surface area contributed by atoms with E-state index in [1.807, 2.05) is 18.2 Å². The van der Waals surface area contributed by atoms with Crippen LogP contribution in [0.4, 0.5) is 0 Å². The lowest BCUT2D eigenvalue weighted by Crippen LogP contribution is -2.32. The molecule has 2 aromatic rings. The number of hydrogen-bond donors (Lipinski definition) is 2. The minimum absolute atomic E-state index is 0.131. The van der Waals surface area contributed by atoms with Crippen LogP contribution in [0.1, 0.15) is 16.1 Å². The molecule has 0 saturated carbocycles. The van der Waals surface area contributed by atoms with Crippen LogP contribution in [-0.4, -0.2) is 37.1 Å². The van der Waals surface area contributed by atoms with Crippen LogP contribution < -0.4 is 5.32 Å². The molecule has 1 aromatic heterocycles. The van der Waals surface area contributed by atoms with Crippen molar-refractivity contribution in [1.29, 1.82) is 0 Å². The van der Waals surface area contributed by atoms with Gasteiger partial charge in [-0.3, -0.25) is 4.79 Å². The first-order valence-corrected chi connectivity index (χ1v) is 6.42. The summed E-state index contributed by atoms with van der Waals surface area (Å²) in [5, 5.41) is 12.9. The van der Waals surface area contributed by atoms with E-state index in [4.69, 9.17) is 13.9 Å². The number of carbonyl (C=O) groups excluding carboxylic acids is 1. The van der Waals surface area contributed by atoms with Crippen molar-refractivity contribution >= 4 is 16.9 Å². The van der Waals surface area contributed by atoms with Crippen molar-refractivity contribution in [3.63, 3.8) is 0 Å². The molecule has 0 atom stereocenters. The summed E-state index contributed by atoms with van der Waals surface area (Å²) in [6, 6.07) is 7.21. The second kappa shape index (κ2) is 5.62. The van der Waals surface area contributed by atoms with Gasteiger partial charge in [0.2, 0.25) is 0 Å². The Morgan fingerprint density at radius 2 is 2.05 bits per heavy atom. The highest BCUT2D eigenvalue weighted by atomic mass is 16.7. The maximum atomic E-state index is 12.1. The molecule has 0 bridgehead atoms. The van der Waals surface area contributed by atoms with E-state index >= 15 is 0 Å². The first-order chi connectivity index (χ1) is 9.79. The molecule has 6 nitrogen and oxygen atoms in total. The van der Waals surface area contributed by atoms with Gasteiger partial charge in [0.1, 0.15) is 5.58 Å². The molecule has 0 radical (unpaired) electrons. The molecule has 0 spiro atoms. The molecular formula is C14H15NO5. The Hall–Kier alpha value is -1.89. The number of nitrogens with one attached hydrogen (secondary N) is 1. The van der Waals surface area contributed by atoms with Gasteiger partial charge in [0, 0.05) is 10.9 Å². The van der Waals surface area contributed by atoms with Gasteiger partial charge in [0.15, 0.2) is 12.1 Å². The maximum absolute atomic E-state index is 12.1. The zero-order valence-electron chi connectivity index (χ0n) is 10.8. The van der Waals surface area contributed by atoms with E-state index in [1.165, 1.54) is 0 Å². The summed E-state index contributed by atoms with van der Waals surface area (Å²) in [7, 11) is 0. The molecule has 106 valence electrons. The number of amides is 1. The molecule has 1 aliphatic heterocycles. The van der Waals surface area contributed by atoms with E-state index in [9.17, 15) is 9.90 Å². The van der Waals surface area contributed by atoms with Gasteiger partial charge in [0.25, 0.3) is 5.91 Å². The van der Waals surface area contributed by atoms with E-state index in [0.717, 1.165) is 5.39 Å². The van der Waals surface area contributed by atoms with Crippen LogP contribution in [0, 0.1) is 0 Å². The van der Waals surface area contributed by atoms with Crippen molar-refractivity contribution in [2.24, 2.45) is 0 Å². The summed E-state index contributed by atoms with van der Waals surface area (Å²) in [5.41, 5.74) is 1.07. The van der Waals surface area contributed by atoms with Crippen LogP contribution in [0.3, 0.4) is 0 Å². The second-order valence-electron chi connectivity index (χ2n) is 4.45. The van der Waals surface area contributed by atoms with Crippen LogP contribution in [0.2, 0.25) is 0 Å². The zero-order valence-corrected chi connectivity index (χ0v) is 10.8. The van der Waals surface area contributed by atoms with Crippen molar-refractivity contribution in [3.8, 4) is 0 Å². The Labute approximate surface area is 115 Å². The molecule has 1 saturated heterocycles. The summed E-state index contributed by atoms with van der Waals surface area (Å²) in [4.78, 5) is 12.1. The molecular weight excluding hydrogens is 262 g/mol. The molecule has 0 unspecified atom stereocenters. The summed E-state index contributed by atoms with van der Waals surface area (Å²) >= 11 is 0. The predicted octanol–water partition coefficient (Wildman–Crippen LogP) is 1.03. The number of para-hydroxylation sites is 1. The van der Waals surface area contributed by atoms with Crippen LogP contribution in [0.15, 0.2) is 28.7 Å². The molecule has 1 amide bonds. The number of carbonyl (C=O) groups is 1. The molecule has 20 heavy (non-hydrogen) atoms. The largest absolute Gasteiger partial charge is 0.451 e.